The van der Waals surface area contributed by atoms with Crippen LogP contribution >= 0.6 is 0 Å². The number of benzene rings is 2. The highest BCUT2D eigenvalue weighted by Gasteiger charge is 2.71. The van der Waals surface area contributed by atoms with Gasteiger partial charge in [-0.05, 0) is 29.3 Å². The van der Waals surface area contributed by atoms with E-state index in [1.807, 2.05) is 0 Å². The van der Waals surface area contributed by atoms with Crippen LogP contribution in [0, 0.1) is 0 Å². The van der Waals surface area contributed by atoms with Gasteiger partial charge in [-0.1, -0.05) is 36.4 Å². The smallest absolute Gasteiger partial charge is 0.369 e. The van der Waals surface area contributed by atoms with E-state index in [0.717, 1.165) is 11.6 Å². The molecule has 25 heavy (non-hydrogen) atoms. The lowest BCUT2D eigenvalue weighted by atomic mass is 9.90. The van der Waals surface area contributed by atoms with E-state index in [4.69, 9.17) is 0 Å². The fourth-order valence-corrected chi connectivity index (χ4v) is 2.61. The summed E-state index contributed by atoms with van der Waals surface area (Å²) in [5.41, 5.74) is -4.42. The molecule has 0 unspecified atom stereocenters. The van der Waals surface area contributed by atoms with Gasteiger partial charge in [0.15, 0.2) is 0 Å². The molecule has 8 heteroatoms. The van der Waals surface area contributed by atoms with Crippen molar-refractivity contribution in [2.75, 3.05) is 5.32 Å². The number of aliphatic hydroxyl groups is 1. The predicted molar refractivity (Wildman–Crippen MR) is 81.1 cm³/mol. The van der Waals surface area contributed by atoms with Gasteiger partial charge in [0.05, 0.1) is 0 Å². The summed E-state index contributed by atoms with van der Waals surface area (Å²) in [4.78, 5) is 0. The quantitative estimate of drug-likeness (QED) is 0.584. The Morgan fingerprint density at radius 3 is 1.92 bits per heavy atom. The van der Waals surface area contributed by atoms with Crippen LogP contribution in [-0.2, 0) is 5.60 Å². The Kier molecular flexibility index (Phi) is 3.83. The van der Waals surface area contributed by atoms with Crippen LogP contribution < -0.4 is 5.32 Å². The number of hydrogen-bond acceptors (Lipinski definition) is 2. The molecular formula is C17H11F6NO. The fourth-order valence-electron chi connectivity index (χ4n) is 2.61. The summed E-state index contributed by atoms with van der Waals surface area (Å²) < 4.78 is 78.1. The number of para-hydroxylation sites is 1. The molecule has 0 radical (unpaired) electrons. The second-order valence-corrected chi connectivity index (χ2v) is 5.55. The first-order chi connectivity index (χ1) is 11.5. The SMILES string of the molecule is OC(c1ccc2c(c1)C=Cc1ccccc1N2)(C(F)(F)F)C(F)(F)F. The van der Waals surface area contributed by atoms with Crippen LogP contribution in [0.5, 0.6) is 0 Å². The highest BCUT2D eigenvalue weighted by molar-refractivity contribution is 5.87. The molecule has 0 amide bonds. The maximum absolute atomic E-state index is 13.0. The molecule has 0 fully saturated rings. The van der Waals surface area contributed by atoms with Crippen molar-refractivity contribution < 1.29 is 31.4 Å². The molecule has 1 aliphatic heterocycles. The summed E-state index contributed by atoms with van der Waals surface area (Å²) in [5, 5.41) is 12.5. The highest BCUT2D eigenvalue weighted by Crippen LogP contribution is 2.50. The minimum Gasteiger partial charge on any atom is -0.369 e. The van der Waals surface area contributed by atoms with Crippen LogP contribution in [0.2, 0.25) is 0 Å². The van der Waals surface area contributed by atoms with E-state index < -0.39 is 23.5 Å². The summed E-state index contributed by atoms with van der Waals surface area (Å²) in [7, 11) is 0. The molecule has 132 valence electrons. The zero-order chi connectivity index (χ0) is 18.5. The van der Waals surface area contributed by atoms with Gasteiger partial charge in [-0.25, -0.2) is 0 Å². The van der Waals surface area contributed by atoms with Crippen molar-refractivity contribution >= 4 is 23.5 Å². The first-order valence-electron chi connectivity index (χ1n) is 7.08. The van der Waals surface area contributed by atoms with Crippen molar-refractivity contribution in [1.82, 2.24) is 0 Å². The Morgan fingerprint density at radius 2 is 1.28 bits per heavy atom. The van der Waals surface area contributed by atoms with Gasteiger partial charge in [-0.15, -0.1) is 0 Å². The summed E-state index contributed by atoms with van der Waals surface area (Å²) in [5.74, 6) is 0. The fraction of sp³-hybridized carbons (Fsp3) is 0.176. The molecule has 0 spiro atoms. The molecule has 3 rings (SSSR count). The van der Waals surface area contributed by atoms with Crippen molar-refractivity contribution in [1.29, 1.82) is 0 Å². The second kappa shape index (κ2) is 5.52. The third-order valence-electron chi connectivity index (χ3n) is 3.96. The van der Waals surface area contributed by atoms with Gasteiger partial charge < -0.3 is 10.4 Å². The summed E-state index contributed by atoms with van der Waals surface area (Å²) in [6.07, 6.45) is -8.86. The highest BCUT2D eigenvalue weighted by atomic mass is 19.4. The van der Waals surface area contributed by atoms with Crippen LogP contribution in [-0.4, -0.2) is 17.5 Å². The van der Waals surface area contributed by atoms with Crippen LogP contribution in [0.4, 0.5) is 37.7 Å². The third kappa shape index (κ3) is 2.76. The van der Waals surface area contributed by atoms with E-state index in [9.17, 15) is 31.4 Å². The molecule has 2 aromatic carbocycles. The maximum atomic E-state index is 13.0. The number of hydrogen-bond donors (Lipinski definition) is 2. The molecule has 1 aliphatic rings. The predicted octanol–water partition coefficient (Wildman–Crippen LogP) is 5.23. The molecule has 2 nitrogen and oxygen atoms in total. The lowest BCUT2D eigenvalue weighted by Gasteiger charge is -2.33. The molecular weight excluding hydrogens is 348 g/mol. The number of rotatable bonds is 1. The van der Waals surface area contributed by atoms with Gasteiger partial charge in [0.25, 0.3) is 5.60 Å². The lowest BCUT2D eigenvalue weighted by Crippen LogP contribution is -2.53. The zero-order valence-electron chi connectivity index (χ0n) is 12.4. The van der Waals surface area contributed by atoms with Gasteiger partial charge in [0, 0.05) is 16.9 Å². The Hall–Kier alpha value is -2.48. The van der Waals surface area contributed by atoms with E-state index in [1.54, 1.807) is 30.3 Å². The Morgan fingerprint density at radius 1 is 0.720 bits per heavy atom. The standard InChI is InChI=1S/C17H11F6NO/c18-16(19,20)15(25,17(21,22)23)12-7-8-14-11(9-12)6-5-10-3-1-2-4-13(10)24-14/h1-9,24-25H. The second-order valence-electron chi connectivity index (χ2n) is 5.55. The van der Waals surface area contributed by atoms with Gasteiger partial charge in [0.2, 0.25) is 0 Å². The Labute approximate surface area is 138 Å². The first-order valence-corrected chi connectivity index (χ1v) is 7.08. The van der Waals surface area contributed by atoms with Crippen LogP contribution in [0.3, 0.4) is 0 Å². The lowest BCUT2D eigenvalue weighted by molar-refractivity contribution is -0.376. The van der Waals surface area contributed by atoms with Crippen molar-refractivity contribution in [3.05, 3.63) is 59.2 Å². The summed E-state index contributed by atoms with van der Waals surface area (Å²) >= 11 is 0. The topological polar surface area (TPSA) is 32.3 Å². The third-order valence-corrected chi connectivity index (χ3v) is 3.96. The van der Waals surface area contributed by atoms with Gasteiger partial charge in [-0.2, -0.15) is 26.3 Å². The number of anilines is 2. The first kappa shape index (κ1) is 17.3. The maximum Gasteiger partial charge on any atom is 0.430 e. The van der Waals surface area contributed by atoms with E-state index in [0.29, 0.717) is 23.5 Å². The van der Waals surface area contributed by atoms with Crippen LogP contribution in [0.15, 0.2) is 42.5 Å². The largest absolute Gasteiger partial charge is 0.430 e. The molecule has 2 N–H and O–H groups in total. The van der Waals surface area contributed by atoms with E-state index in [1.165, 1.54) is 6.08 Å². The average Bonchev–Trinajstić information content (AvgIpc) is 2.70. The summed E-state index contributed by atoms with van der Waals surface area (Å²) in [6, 6.07) is 9.35. The summed E-state index contributed by atoms with van der Waals surface area (Å²) in [6.45, 7) is 0. The molecule has 0 atom stereocenters. The molecule has 0 saturated heterocycles. The minimum absolute atomic E-state index is 0.0978. The minimum atomic E-state index is -5.91. The molecule has 0 aromatic heterocycles. The van der Waals surface area contributed by atoms with E-state index in [-0.39, 0.29) is 5.56 Å². The van der Waals surface area contributed by atoms with E-state index >= 15 is 0 Å². The Balaban J connectivity index is 2.13. The molecule has 2 aromatic rings. The molecule has 1 heterocycles. The van der Waals surface area contributed by atoms with Crippen molar-refractivity contribution in [3.63, 3.8) is 0 Å². The molecule has 0 saturated carbocycles. The average molecular weight is 359 g/mol. The van der Waals surface area contributed by atoms with Crippen LogP contribution in [0.1, 0.15) is 16.7 Å². The number of halogens is 6. The number of fused-ring (bicyclic) bond motifs is 2. The van der Waals surface area contributed by atoms with Gasteiger partial charge in [0.1, 0.15) is 0 Å². The van der Waals surface area contributed by atoms with Gasteiger partial charge >= 0.3 is 12.4 Å². The van der Waals surface area contributed by atoms with Crippen LogP contribution in [0.25, 0.3) is 12.2 Å². The van der Waals surface area contributed by atoms with E-state index in [2.05, 4.69) is 5.32 Å². The van der Waals surface area contributed by atoms with Crippen molar-refractivity contribution in [2.45, 2.75) is 18.0 Å². The monoisotopic (exact) mass is 359 g/mol. The van der Waals surface area contributed by atoms with Gasteiger partial charge in [-0.3, -0.25) is 0 Å². The number of alkyl halides is 6. The molecule has 0 bridgehead atoms. The number of nitrogens with one attached hydrogen (secondary N) is 1. The molecule has 0 aliphatic carbocycles. The zero-order valence-corrected chi connectivity index (χ0v) is 12.4. The van der Waals surface area contributed by atoms with Crippen molar-refractivity contribution in [2.24, 2.45) is 0 Å². The van der Waals surface area contributed by atoms with Crippen molar-refractivity contribution in [3.8, 4) is 0 Å². The Bertz CT molecular complexity index is 824. The normalized spacial score (nSPS) is 14.4.